The minimum absolute atomic E-state index is 0.178. The van der Waals surface area contributed by atoms with Gasteiger partial charge in [0.1, 0.15) is 0 Å². The molecule has 2 aromatic carbocycles. The molecule has 0 spiro atoms. The van der Waals surface area contributed by atoms with E-state index in [0.29, 0.717) is 39.3 Å². The highest BCUT2D eigenvalue weighted by Crippen LogP contribution is 2.38. The number of amides is 2. The van der Waals surface area contributed by atoms with Crippen LogP contribution in [0.1, 0.15) is 17.3 Å². The second-order valence-corrected chi connectivity index (χ2v) is 7.03. The average molecular weight is 427 g/mol. The number of carbonyl (C=O) groups is 2. The number of hydrogen-bond donors (Lipinski definition) is 2. The van der Waals surface area contributed by atoms with Crippen molar-refractivity contribution < 1.29 is 23.8 Å². The van der Waals surface area contributed by atoms with Gasteiger partial charge in [-0.3, -0.25) is 9.59 Å². The molecule has 3 rings (SSSR count). The lowest BCUT2D eigenvalue weighted by Crippen LogP contribution is -2.12. The summed E-state index contributed by atoms with van der Waals surface area (Å²) in [6, 6.07) is 10.4. The van der Waals surface area contributed by atoms with Crippen LogP contribution >= 0.6 is 11.3 Å². The van der Waals surface area contributed by atoms with Crippen LogP contribution in [-0.2, 0) is 4.79 Å². The molecule has 8 nitrogen and oxygen atoms in total. The topological polar surface area (TPSA) is 98.8 Å². The number of thiazole rings is 1. The summed E-state index contributed by atoms with van der Waals surface area (Å²) in [4.78, 5) is 28.4. The number of rotatable bonds is 7. The Morgan fingerprint density at radius 3 is 2.27 bits per heavy atom. The number of aromatic nitrogens is 1. The molecule has 1 heterocycles. The number of carbonyl (C=O) groups excluding carboxylic acids is 2. The molecule has 2 amide bonds. The molecule has 2 N–H and O–H groups in total. The van der Waals surface area contributed by atoms with Crippen molar-refractivity contribution >= 4 is 34.0 Å². The molecule has 0 unspecified atom stereocenters. The lowest BCUT2D eigenvalue weighted by molar-refractivity contribution is -0.114. The first-order valence-electron chi connectivity index (χ1n) is 8.90. The maximum Gasteiger partial charge on any atom is 0.255 e. The van der Waals surface area contributed by atoms with Crippen molar-refractivity contribution in [2.24, 2.45) is 0 Å². The number of hydrogen-bond acceptors (Lipinski definition) is 7. The van der Waals surface area contributed by atoms with Gasteiger partial charge in [0, 0.05) is 29.1 Å². The number of methoxy groups -OCH3 is 3. The van der Waals surface area contributed by atoms with E-state index in [0.717, 1.165) is 5.56 Å². The predicted molar refractivity (Wildman–Crippen MR) is 116 cm³/mol. The fraction of sp³-hybridized carbons (Fsp3) is 0.190. The Hall–Kier alpha value is -3.59. The summed E-state index contributed by atoms with van der Waals surface area (Å²) < 4.78 is 15.9. The lowest BCUT2D eigenvalue weighted by atomic mass is 10.1. The zero-order chi connectivity index (χ0) is 21.7. The minimum atomic E-state index is -0.330. The largest absolute Gasteiger partial charge is 0.493 e. The maximum atomic E-state index is 12.8. The second-order valence-electron chi connectivity index (χ2n) is 6.17. The summed E-state index contributed by atoms with van der Waals surface area (Å²) in [6.07, 6.45) is 0. The molecule has 0 aliphatic rings. The Balaban J connectivity index is 1.83. The Morgan fingerprint density at radius 1 is 0.967 bits per heavy atom. The van der Waals surface area contributed by atoms with E-state index < -0.39 is 0 Å². The number of nitrogens with zero attached hydrogens (tertiary/aromatic N) is 1. The van der Waals surface area contributed by atoms with E-state index in [1.165, 1.54) is 39.6 Å². The van der Waals surface area contributed by atoms with Crippen molar-refractivity contribution in [3.8, 4) is 28.5 Å². The smallest absolute Gasteiger partial charge is 0.255 e. The lowest BCUT2D eigenvalue weighted by Gasteiger charge is -2.14. The number of ether oxygens (including phenoxy) is 3. The van der Waals surface area contributed by atoms with Gasteiger partial charge in [0.15, 0.2) is 16.6 Å². The molecular weight excluding hydrogens is 406 g/mol. The predicted octanol–water partition coefficient (Wildman–Crippen LogP) is 4.05. The number of anilines is 2. The molecule has 0 radical (unpaired) electrons. The van der Waals surface area contributed by atoms with Crippen molar-refractivity contribution in [3.63, 3.8) is 0 Å². The standard InChI is InChI=1S/C21H21N3O5S/c1-12(25)22-21-24-16(11-30-21)13-6-5-7-15(8-13)23-20(26)14-9-17(27-2)19(29-4)18(10-14)28-3/h5-11H,1-4H3,(H,23,26)(H,22,24,25). The molecular formula is C21H21N3O5S. The van der Waals surface area contributed by atoms with Gasteiger partial charge in [0.05, 0.1) is 27.0 Å². The SMILES string of the molecule is COc1cc(C(=O)Nc2cccc(-c3csc(NC(C)=O)n3)c2)cc(OC)c1OC. The highest BCUT2D eigenvalue weighted by atomic mass is 32.1. The molecule has 0 aliphatic heterocycles. The number of nitrogens with one attached hydrogen (secondary N) is 2. The van der Waals surface area contributed by atoms with Gasteiger partial charge < -0.3 is 24.8 Å². The zero-order valence-electron chi connectivity index (χ0n) is 16.9. The summed E-state index contributed by atoms with van der Waals surface area (Å²) in [5.41, 5.74) is 2.47. The van der Waals surface area contributed by atoms with Crippen molar-refractivity contribution in [1.29, 1.82) is 0 Å². The van der Waals surface area contributed by atoms with E-state index in [1.807, 2.05) is 23.6 Å². The first kappa shape index (κ1) is 21.1. The van der Waals surface area contributed by atoms with Crippen molar-refractivity contribution in [3.05, 3.63) is 47.3 Å². The first-order valence-corrected chi connectivity index (χ1v) is 9.78. The molecule has 0 saturated heterocycles. The monoisotopic (exact) mass is 427 g/mol. The summed E-state index contributed by atoms with van der Waals surface area (Å²) in [5, 5.41) is 7.88. The third kappa shape index (κ3) is 4.69. The van der Waals surface area contributed by atoms with Crippen LogP contribution in [-0.4, -0.2) is 38.1 Å². The van der Waals surface area contributed by atoms with Crippen LogP contribution in [0, 0.1) is 0 Å². The highest BCUT2D eigenvalue weighted by Gasteiger charge is 2.17. The van der Waals surface area contributed by atoms with Crippen LogP contribution in [0.25, 0.3) is 11.3 Å². The molecule has 0 bridgehead atoms. The van der Waals surface area contributed by atoms with Gasteiger partial charge in [0.2, 0.25) is 11.7 Å². The highest BCUT2D eigenvalue weighted by molar-refractivity contribution is 7.14. The van der Waals surface area contributed by atoms with E-state index in [9.17, 15) is 9.59 Å². The maximum absolute atomic E-state index is 12.8. The van der Waals surface area contributed by atoms with Gasteiger partial charge in [-0.2, -0.15) is 0 Å². The molecule has 0 aliphatic carbocycles. The van der Waals surface area contributed by atoms with Crippen LogP contribution in [0.3, 0.4) is 0 Å². The summed E-state index contributed by atoms with van der Waals surface area (Å²) in [5.74, 6) is 0.690. The van der Waals surface area contributed by atoms with Gasteiger partial charge in [0.25, 0.3) is 5.91 Å². The van der Waals surface area contributed by atoms with Crippen molar-refractivity contribution in [2.75, 3.05) is 32.0 Å². The molecule has 0 saturated carbocycles. The molecule has 156 valence electrons. The van der Waals surface area contributed by atoms with E-state index in [1.54, 1.807) is 18.2 Å². The van der Waals surface area contributed by atoms with E-state index >= 15 is 0 Å². The fourth-order valence-corrected chi connectivity index (χ4v) is 3.55. The summed E-state index contributed by atoms with van der Waals surface area (Å²) >= 11 is 1.33. The average Bonchev–Trinajstić information content (AvgIpc) is 3.20. The number of benzene rings is 2. The van der Waals surface area contributed by atoms with Crippen molar-refractivity contribution in [2.45, 2.75) is 6.92 Å². The summed E-state index contributed by atoms with van der Waals surface area (Å²) in [7, 11) is 4.48. The van der Waals surface area contributed by atoms with Crippen LogP contribution in [0.2, 0.25) is 0 Å². The Bertz CT molecular complexity index is 1060. The van der Waals surface area contributed by atoms with Crippen LogP contribution < -0.4 is 24.8 Å². The summed E-state index contributed by atoms with van der Waals surface area (Å²) in [6.45, 7) is 1.43. The molecule has 0 atom stereocenters. The van der Waals surface area contributed by atoms with Crippen molar-refractivity contribution in [1.82, 2.24) is 4.98 Å². The van der Waals surface area contributed by atoms with Gasteiger partial charge in [-0.1, -0.05) is 12.1 Å². The molecule has 3 aromatic rings. The molecule has 1 aromatic heterocycles. The fourth-order valence-electron chi connectivity index (χ4n) is 2.79. The minimum Gasteiger partial charge on any atom is -0.493 e. The van der Waals surface area contributed by atoms with E-state index in [2.05, 4.69) is 15.6 Å². The van der Waals surface area contributed by atoms with Crippen LogP contribution in [0.15, 0.2) is 41.8 Å². The Kier molecular flexibility index (Phi) is 6.53. The molecule has 0 fully saturated rings. The first-order chi connectivity index (χ1) is 14.4. The van der Waals surface area contributed by atoms with Crippen LogP contribution in [0.4, 0.5) is 10.8 Å². The zero-order valence-corrected chi connectivity index (χ0v) is 17.8. The molecule has 9 heteroatoms. The van der Waals surface area contributed by atoms with Gasteiger partial charge >= 0.3 is 0 Å². The third-order valence-corrected chi connectivity index (χ3v) is 4.89. The van der Waals surface area contributed by atoms with E-state index in [-0.39, 0.29) is 11.8 Å². The van der Waals surface area contributed by atoms with E-state index in [4.69, 9.17) is 14.2 Å². The normalized spacial score (nSPS) is 10.3. The van der Waals surface area contributed by atoms with Gasteiger partial charge in [-0.25, -0.2) is 4.98 Å². The second kappa shape index (κ2) is 9.27. The third-order valence-electron chi connectivity index (χ3n) is 4.13. The van der Waals surface area contributed by atoms with Crippen LogP contribution in [0.5, 0.6) is 17.2 Å². The van der Waals surface area contributed by atoms with Gasteiger partial charge in [-0.15, -0.1) is 11.3 Å². The quantitative estimate of drug-likeness (QED) is 0.590. The van der Waals surface area contributed by atoms with Gasteiger partial charge in [-0.05, 0) is 24.3 Å². The Labute approximate surface area is 177 Å². The molecule has 30 heavy (non-hydrogen) atoms. The Morgan fingerprint density at radius 2 is 1.67 bits per heavy atom.